The maximum atomic E-state index is 5.52. The lowest BCUT2D eigenvalue weighted by Crippen LogP contribution is -2.57. The van der Waals surface area contributed by atoms with Gasteiger partial charge in [0.25, 0.3) is 0 Å². The molecule has 1 saturated carbocycles. The molecule has 0 bridgehead atoms. The number of hydrogen-bond acceptors (Lipinski definition) is 5. The first-order chi connectivity index (χ1) is 11.3. The number of piperidine rings is 1. The molecule has 1 atom stereocenters. The highest BCUT2D eigenvalue weighted by molar-refractivity contribution is 7.09. The third-order valence-electron chi connectivity index (χ3n) is 5.83. The molecule has 1 aliphatic carbocycles. The highest BCUT2D eigenvalue weighted by Gasteiger charge is 2.49. The monoisotopic (exact) mass is 331 g/mol. The number of thiazole rings is 1. The van der Waals surface area contributed by atoms with Gasteiger partial charge in [-0.25, -0.2) is 4.98 Å². The van der Waals surface area contributed by atoms with Crippen LogP contribution in [0.1, 0.15) is 36.5 Å². The Morgan fingerprint density at radius 2 is 2.26 bits per heavy atom. The van der Waals surface area contributed by atoms with Crippen LogP contribution in [-0.2, 0) is 13.1 Å². The first kappa shape index (κ1) is 15.4. The van der Waals surface area contributed by atoms with E-state index in [1.807, 2.05) is 12.3 Å². The van der Waals surface area contributed by atoms with Crippen LogP contribution in [0.2, 0.25) is 0 Å². The topological polar surface area (TPSA) is 32.5 Å². The summed E-state index contributed by atoms with van der Waals surface area (Å²) < 4.78 is 5.52. The van der Waals surface area contributed by atoms with Gasteiger partial charge in [-0.3, -0.25) is 9.80 Å². The summed E-state index contributed by atoms with van der Waals surface area (Å²) in [6, 6.07) is 4.78. The van der Waals surface area contributed by atoms with E-state index in [4.69, 9.17) is 4.42 Å². The second-order valence-corrected chi connectivity index (χ2v) is 8.09. The van der Waals surface area contributed by atoms with Crippen LogP contribution >= 0.6 is 11.3 Å². The molecule has 0 N–H and O–H groups in total. The Morgan fingerprint density at radius 1 is 1.39 bits per heavy atom. The Kier molecular flexibility index (Phi) is 4.26. The van der Waals surface area contributed by atoms with Gasteiger partial charge in [0.05, 0.1) is 19.4 Å². The Morgan fingerprint density at radius 3 is 2.87 bits per heavy atom. The molecule has 2 aliphatic rings. The second-order valence-electron chi connectivity index (χ2n) is 7.11. The molecule has 5 heteroatoms. The molecule has 1 aliphatic heterocycles. The number of hydrogen-bond donors (Lipinski definition) is 0. The van der Waals surface area contributed by atoms with Gasteiger partial charge in [0.1, 0.15) is 10.8 Å². The molecule has 3 heterocycles. The minimum Gasteiger partial charge on any atom is -0.468 e. The van der Waals surface area contributed by atoms with E-state index in [-0.39, 0.29) is 0 Å². The van der Waals surface area contributed by atoms with Crippen LogP contribution in [0.4, 0.5) is 0 Å². The zero-order valence-electron chi connectivity index (χ0n) is 13.8. The highest BCUT2D eigenvalue weighted by Crippen LogP contribution is 2.51. The van der Waals surface area contributed by atoms with Crippen molar-refractivity contribution >= 4 is 11.3 Å². The average Bonchev–Trinajstić information content (AvgIpc) is 3.21. The first-order valence-corrected chi connectivity index (χ1v) is 9.46. The van der Waals surface area contributed by atoms with E-state index in [9.17, 15) is 0 Å². The van der Waals surface area contributed by atoms with Crippen molar-refractivity contribution in [3.05, 3.63) is 40.7 Å². The van der Waals surface area contributed by atoms with Crippen molar-refractivity contribution < 1.29 is 4.42 Å². The Hall–Kier alpha value is -1.17. The molecule has 0 radical (unpaired) electrons. The van der Waals surface area contributed by atoms with Gasteiger partial charge in [0.15, 0.2) is 0 Å². The number of nitrogens with zero attached hydrogens (tertiary/aromatic N) is 3. The lowest BCUT2D eigenvalue weighted by atomic mass is 9.59. The van der Waals surface area contributed by atoms with Crippen molar-refractivity contribution in [3.8, 4) is 0 Å². The van der Waals surface area contributed by atoms with Gasteiger partial charge in [-0.2, -0.15) is 0 Å². The fourth-order valence-corrected chi connectivity index (χ4v) is 5.05. The van der Waals surface area contributed by atoms with Gasteiger partial charge in [-0.1, -0.05) is 0 Å². The third kappa shape index (κ3) is 3.10. The summed E-state index contributed by atoms with van der Waals surface area (Å²) in [6.07, 6.45) is 9.07. The number of aromatic nitrogens is 1. The second kappa shape index (κ2) is 6.38. The van der Waals surface area contributed by atoms with E-state index >= 15 is 0 Å². The van der Waals surface area contributed by atoms with Gasteiger partial charge >= 0.3 is 0 Å². The van der Waals surface area contributed by atoms with Crippen LogP contribution in [-0.4, -0.2) is 41.0 Å². The molecular formula is C18H25N3OS. The van der Waals surface area contributed by atoms with Crippen molar-refractivity contribution in [2.75, 3.05) is 20.1 Å². The minimum atomic E-state index is 0.542. The number of likely N-dealkylation sites (tertiary alicyclic amines) is 1. The summed E-state index contributed by atoms with van der Waals surface area (Å²) in [5, 5.41) is 3.33. The quantitative estimate of drug-likeness (QED) is 0.838. The Balaban J connectivity index is 1.33. The van der Waals surface area contributed by atoms with Gasteiger partial charge in [-0.15, -0.1) is 11.3 Å². The predicted molar refractivity (Wildman–Crippen MR) is 92.3 cm³/mol. The summed E-state index contributed by atoms with van der Waals surface area (Å²) in [4.78, 5) is 9.51. The van der Waals surface area contributed by atoms with Crippen molar-refractivity contribution in [1.82, 2.24) is 14.8 Å². The standard InChI is InChI=1S/C18H25N3OS/c1-20(13-15-3-2-11-22-15)16-4-5-18(16)6-9-21(10-7-18)14-17-19-8-12-23-17/h2-3,8,11-12,16H,4-7,9-10,13-14H2,1H3/t16-/m0/s1. The van der Waals surface area contributed by atoms with Crippen LogP contribution in [0, 0.1) is 5.41 Å². The Labute approximate surface area is 142 Å². The summed E-state index contributed by atoms with van der Waals surface area (Å²) in [7, 11) is 2.26. The summed E-state index contributed by atoms with van der Waals surface area (Å²) in [6.45, 7) is 4.39. The molecule has 4 nitrogen and oxygen atoms in total. The van der Waals surface area contributed by atoms with Gasteiger partial charge in [0.2, 0.25) is 0 Å². The molecule has 0 amide bonds. The smallest absolute Gasteiger partial charge is 0.117 e. The molecule has 2 fully saturated rings. The molecule has 4 rings (SSSR count). The SMILES string of the molecule is CN(Cc1ccco1)[C@H]1CCC12CCN(Cc1nccs1)CC2. The van der Waals surface area contributed by atoms with Crippen molar-refractivity contribution in [2.45, 2.75) is 44.8 Å². The van der Waals surface area contributed by atoms with Crippen molar-refractivity contribution in [2.24, 2.45) is 5.41 Å². The molecule has 1 saturated heterocycles. The van der Waals surface area contributed by atoms with Crippen molar-refractivity contribution in [1.29, 1.82) is 0 Å². The minimum absolute atomic E-state index is 0.542. The van der Waals surface area contributed by atoms with E-state index in [2.05, 4.69) is 33.3 Å². The van der Waals surface area contributed by atoms with E-state index in [0.717, 1.165) is 24.9 Å². The zero-order valence-corrected chi connectivity index (χ0v) is 14.6. The molecule has 124 valence electrons. The highest BCUT2D eigenvalue weighted by atomic mass is 32.1. The normalized spacial score (nSPS) is 24.2. The van der Waals surface area contributed by atoms with E-state index in [1.54, 1.807) is 17.6 Å². The predicted octanol–water partition coefficient (Wildman–Crippen LogP) is 3.61. The average molecular weight is 331 g/mol. The summed E-state index contributed by atoms with van der Waals surface area (Å²) >= 11 is 1.77. The fraction of sp³-hybridized carbons (Fsp3) is 0.611. The molecule has 23 heavy (non-hydrogen) atoms. The van der Waals surface area contributed by atoms with Gasteiger partial charge in [-0.05, 0) is 63.4 Å². The molecule has 0 unspecified atom stereocenters. The maximum Gasteiger partial charge on any atom is 0.117 e. The third-order valence-corrected chi connectivity index (χ3v) is 6.60. The van der Waals surface area contributed by atoms with Crippen LogP contribution < -0.4 is 0 Å². The maximum absolute atomic E-state index is 5.52. The largest absolute Gasteiger partial charge is 0.468 e. The van der Waals surface area contributed by atoms with E-state index in [1.165, 1.54) is 43.8 Å². The van der Waals surface area contributed by atoms with Gasteiger partial charge < -0.3 is 4.42 Å². The van der Waals surface area contributed by atoms with Crippen LogP contribution in [0.3, 0.4) is 0 Å². The summed E-state index contributed by atoms with van der Waals surface area (Å²) in [5.74, 6) is 1.08. The van der Waals surface area contributed by atoms with Gasteiger partial charge in [0, 0.05) is 17.6 Å². The molecule has 1 spiro atoms. The Bertz CT molecular complexity index is 602. The molecule has 0 aromatic carbocycles. The number of rotatable bonds is 5. The molecule has 2 aromatic heterocycles. The zero-order chi connectivity index (χ0) is 15.7. The van der Waals surface area contributed by atoms with Crippen LogP contribution in [0.5, 0.6) is 0 Å². The number of furan rings is 1. The van der Waals surface area contributed by atoms with E-state index < -0.39 is 0 Å². The lowest BCUT2D eigenvalue weighted by molar-refractivity contribution is -0.0648. The summed E-state index contributed by atoms with van der Waals surface area (Å²) in [5.41, 5.74) is 0.542. The van der Waals surface area contributed by atoms with Crippen LogP contribution in [0.15, 0.2) is 34.4 Å². The molecule has 2 aromatic rings. The molecular weight excluding hydrogens is 306 g/mol. The fourth-order valence-electron chi connectivity index (χ4n) is 4.39. The lowest BCUT2D eigenvalue weighted by Gasteiger charge is -2.56. The van der Waals surface area contributed by atoms with Crippen LogP contribution in [0.25, 0.3) is 0 Å². The van der Waals surface area contributed by atoms with Crippen molar-refractivity contribution in [3.63, 3.8) is 0 Å². The van der Waals surface area contributed by atoms with E-state index in [0.29, 0.717) is 5.41 Å². The first-order valence-electron chi connectivity index (χ1n) is 8.59.